The van der Waals surface area contributed by atoms with Gasteiger partial charge in [-0.2, -0.15) is 5.10 Å². The molecule has 5 heteroatoms. The number of aromatic amines is 1. The molecule has 0 radical (unpaired) electrons. The Kier molecular flexibility index (Phi) is 3.87. The van der Waals surface area contributed by atoms with Crippen LogP contribution in [0.25, 0.3) is 0 Å². The number of nitrogens with one attached hydrogen (secondary N) is 1. The van der Waals surface area contributed by atoms with Gasteiger partial charge in [-0.25, -0.2) is 4.39 Å². The first kappa shape index (κ1) is 15.4. The van der Waals surface area contributed by atoms with Crippen LogP contribution in [-0.2, 0) is 10.2 Å². The van der Waals surface area contributed by atoms with Crippen LogP contribution in [0.2, 0.25) is 0 Å². The number of benzene rings is 1. The fourth-order valence-corrected chi connectivity index (χ4v) is 4.15. The van der Waals surface area contributed by atoms with Crippen LogP contribution in [0.4, 0.5) is 4.39 Å². The summed E-state index contributed by atoms with van der Waals surface area (Å²) < 4.78 is 13.7. The number of piperidine rings is 1. The van der Waals surface area contributed by atoms with Gasteiger partial charge in [-0.3, -0.25) is 9.89 Å². The van der Waals surface area contributed by atoms with E-state index in [-0.39, 0.29) is 11.7 Å². The van der Waals surface area contributed by atoms with E-state index in [0.29, 0.717) is 5.92 Å². The fraction of sp³-hybridized carbons (Fsp3) is 0.474. The molecule has 4 nitrogen and oxygen atoms in total. The van der Waals surface area contributed by atoms with Gasteiger partial charge >= 0.3 is 0 Å². The molecule has 2 aromatic rings. The van der Waals surface area contributed by atoms with Crippen LogP contribution >= 0.6 is 0 Å². The number of nitrogens with zero attached hydrogens (tertiary/aromatic N) is 2. The Morgan fingerprint density at radius 3 is 2.83 bits per heavy atom. The van der Waals surface area contributed by atoms with Crippen molar-refractivity contribution in [2.45, 2.75) is 43.4 Å². The number of rotatable bonds is 3. The Hall–Kier alpha value is -2.17. The zero-order valence-electron chi connectivity index (χ0n) is 13.7. The van der Waals surface area contributed by atoms with Crippen molar-refractivity contribution in [1.29, 1.82) is 0 Å². The third-order valence-corrected chi connectivity index (χ3v) is 5.66. The lowest BCUT2D eigenvalue weighted by Gasteiger charge is -2.45. The molecular formula is C19H22FN3O. The molecule has 1 saturated carbocycles. The molecule has 1 N–H and O–H groups in total. The highest BCUT2D eigenvalue weighted by Gasteiger charge is 2.48. The van der Waals surface area contributed by atoms with Crippen LogP contribution < -0.4 is 0 Å². The molecule has 4 rings (SSSR count). The maximum absolute atomic E-state index is 13.7. The Bertz CT molecular complexity index is 724. The van der Waals surface area contributed by atoms with Crippen molar-refractivity contribution in [2.75, 3.05) is 13.1 Å². The first-order chi connectivity index (χ1) is 11.7. The normalized spacial score (nSPS) is 22.9. The van der Waals surface area contributed by atoms with Gasteiger partial charge in [0.1, 0.15) is 5.82 Å². The van der Waals surface area contributed by atoms with Crippen LogP contribution in [0.5, 0.6) is 0 Å². The summed E-state index contributed by atoms with van der Waals surface area (Å²) >= 11 is 0. The molecule has 0 unspecified atom stereocenters. The van der Waals surface area contributed by atoms with Gasteiger partial charge in [-0.1, -0.05) is 18.6 Å². The molecule has 2 fully saturated rings. The summed E-state index contributed by atoms with van der Waals surface area (Å²) in [5.74, 6) is 0.221. The zero-order chi connectivity index (χ0) is 16.6. The van der Waals surface area contributed by atoms with Gasteiger partial charge in [0.2, 0.25) is 5.91 Å². The molecule has 2 heterocycles. The summed E-state index contributed by atoms with van der Waals surface area (Å²) in [6.45, 7) is 1.51. The summed E-state index contributed by atoms with van der Waals surface area (Å²) in [5.41, 5.74) is 1.42. The smallest absolute Gasteiger partial charge is 0.233 e. The summed E-state index contributed by atoms with van der Waals surface area (Å²) in [6.07, 6.45) is 6.49. The molecule has 1 atom stereocenters. The van der Waals surface area contributed by atoms with Crippen molar-refractivity contribution in [3.8, 4) is 0 Å². The number of hydrogen-bond donors (Lipinski definition) is 1. The van der Waals surface area contributed by atoms with Gasteiger partial charge in [0.15, 0.2) is 0 Å². The van der Waals surface area contributed by atoms with E-state index >= 15 is 0 Å². The fourth-order valence-electron chi connectivity index (χ4n) is 4.15. The summed E-state index contributed by atoms with van der Waals surface area (Å²) in [7, 11) is 0. The van der Waals surface area contributed by atoms with Crippen LogP contribution in [0, 0.1) is 5.82 Å². The third kappa shape index (κ3) is 2.52. The maximum Gasteiger partial charge on any atom is 0.233 e. The Morgan fingerprint density at radius 2 is 2.17 bits per heavy atom. The van der Waals surface area contributed by atoms with Gasteiger partial charge < -0.3 is 4.90 Å². The quantitative estimate of drug-likeness (QED) is 0.939. The first-order valence-corrected chi connectivity index (χ1v) is 8.74. The molecule has 0 bridgehead atoms. The van der Waals surface area contributed by atoms with Crippen molar-refractivity contribution < 1.29 is 9.18 Å². The molecule has 1 aromatic heterocycles. The maximum atomic E-state index is 13.7. The van der Waals surface area contributed by atoms with E-state index in [1.54, 1.807) is 12.3 Å². The van der Waals surface area contributed by atoms with E-state index in [1.807, 2.05) is 17.0 Å². The minimum Gasteiger partial charge on any atom is -0.341 e. The number of likely N-dealkylation sites (tertiary alicyclic amines) is 1. The minimum atomic E-state index is -0.516. The average molecular weight is 327 g/mol. The van der Waals surface area contributed by atoms with Gasteiger partial charge in [0, 0.05) is 30.9 Å². The topological polar surface area (TPSA) is 49.0 Å². The van der Waals surface area contributed by atoms with Gasteiger partial charge in [0.25, 0.3) is 0 Å². The minimum absolute atomic E-state index is 0.170. The highest BCUT2D eigenvalue weighted by atomic mass is 19.1. The molecule has 0 spiro atoms. The van der Waals surface area contributed by atoms with Crippen molar-refractivity contribution in [2.24, 2.45) is 0 Å². The van der Waals surface area contributed by atoms with Crippen LogP contribution in [-0.4, -0.2) is 34.1 Å². The molecule has 1 amide bonds. The molecular weight excluding hydrogens is 305 g/mol. The van der Waals surface area contributed by atoms with Crippen molar-refractivity contribution >= 4 is 5.91 Å². The Labute approximate surface area is 141 Å². The number of aromatic nitrogens is 2. The Balaban J connectivity index is 1.57. The lowest BCUT2D eigenvalue weighted by molar-refractivity contribution is -0.142. The van der Waals surface area contributed by atoms with Crippen molar-refractivity contribution in [1.82, 2.24) is 15.1 Å². The molecule has 24 heavy (non-hydrogen) atoms. The molecule has 2 aliphatic rings. The Morgan fingerprint density at radius 1 is 1.29 bits per heavy atom. The van der Waals surface area contributed by atoms with E-state index in [2.05, 4.69) is 10.2 Å². The van der Waals surface area contributed by atoms with Gasteiger partial charge in [-0.05, 0) is 49.4 Å². The number of amides is 1. The lowest BCUT2D eigenvalue weighted by atomic mass is 9.63. The second kappa shape index (κ2) is 6.04. The van der Waals surface area contributed by atoms with E-state index in [9.17, 15) is 9.18 Å². The van der Waals surface area contributed by atoms with E-state index in [1.165, 1.54) is 12.1 Å². The van der Waals surface area contributed by atoms with Gasteiger partial charge in [-0.15, -0.1) is 0 Å². The molecule has 1 saturated heterocycles. The van der Waals surface area contributed by atoms with E-state index in [0.717, 1.165) is 56.5 Å². The number of carbonyl (C=O) groups excluding carboxylic acids is 1. The van der Waals surface area contributed by atoms with E-state index < -0.39 is 5.41 Å². The zero-order valence-corrected chi connectivity index (χ0v) is 13.7. The molecule has 1 aliphatic heterocycles. The lowest BCUT2D eigenvalue weighted by Crippen LogP contribution is -2.53. The largest absolute Gasteiger partial charge is 0.341 e. The highest BCUT2D eigenvalue weighted by molar-refractivity contribution is 5.89. The third-order valence-electron chi connectivity index (χ3n) is 5.66. The molecule has 126 valence electrons. The van der Waals surface area contributed by atoms with Gasteiger partial charge in [0.05, 0.1) is 5.41 Å². The number of hydrogen-bond acceptors (Lipinski definition) is 2. The van der Waals surface area contributed by atoms with Crippen LogP contribution in [0.15, 0.2) is 36.5 Å². The summed E-state index contributed by atoms with van der Waals surface area (Å²) in [5, 5.41) is 7.07. The first-order valence-electron chi connectivity index (χ1n) is 8.74. The van der Waals surface area contributed by atoms with Crippen molar-refractivity contribution in [3.63, 3.8) is 0 Å². The van der Waals surface area contributed by atoms with Crippen LogP contribution in [0.1, 0.15) is 49.3 Å². The summed E-state index contributed by atoms with van der Waals surface area (Å²) in [6, 6.07) is 8.57. The highest BCUT2D eigenvalue weighted by Crippen LogP contribution is 2.46. The second-order valence-electron chi connectivity index (χ2n) is 7.05. The molecule has 1 aromatic carbocycles. The summed E-state index contributed by atoms with van der Waals surface area (Å²) in [4.78, 5) is 15.3. The van der Waals surface area contributed by atoms with E-state index in [4.69, 9.17) is 0 Å². The second-order valence-corrected chi connectivity index (χ2v) is 7.05. The predicted molar refractivity (Wildman–Crippen MR) is 89.1 cm³/mol. The standard InChI is InChI=1S/C19H22FN3O/c20-16-6-1-5-15(12-16)19(8-3-9-19)18(24)23-11-2-4-14(13-23)17-7-10-21-22-17/h1,5-7,10,12,14H,2-4,8-9,11,13H2,(H,21,22)/t14-/m0/s1. The van der Waals surface area contributed by atoms with Crippen molar-refractivity contribution in [3.05, 3.63) is 53.6 Å². The van der Waals surface area contributed by atoms with Crippen LogP contribution in [0.3, 0.4) is 0 Å². The molecule has 1 aliphatic carbocycles. The SMILES string of the molecule is O=C(N1CCC[C@H](c2ccn[nH]2)C1)C1(c2cccc(F)c2)CCC1. The average Bonchev–Trinajstić information content (AvgIpc) is 3.08. The predicted octanol–water partition coefficient (Wildman–Crippen LogP) is 3.38. The number of carbonyl (C=O) groups is 1. The number of halogens is 1. The number of H-pyrrole nitrogens is 1. The monoisotopic (exact) mass is 327 g/mol.